The van der Waals surface area contributed by atoms with Gasteiger partial charge < -0.3 is 15.6 Å². The molecule has 2 aromatic rings. The summed E-state index contributed by atoms with van der Waals surface area (Å²) in [6.45, 7) is 0.0648. The Morgan fingerprint density at radius 3 is 2.55 bits per heavy atom. The average Bonchev–Trinajstić information content (AvgIpc) is 2.38. The fraction of sp³-hybridized carbons (Fsp3) is 0.167. The van der Waals surface area contributed by atoms with Crippen molar-refractivity contribution in [3.05, 3.63) is 28.8 Å². The minimum Gasteiger partial charge on any atom is -0.397 e. The van der Waals surface area contributed by atoms with Gasteiger partial charge in [0.05, 0.1) is 41.7 Å². The number of amides is 2. The molecule has 4 N–H and O–H groups in total. The largest absolute Gasteiger partial charge is 0.397 e. The molecule has 3 rings (SSSR count). The van der Waals surface area contributed by atoms with Gasteiger partial charge in [0.25, 0.3) is 5.56 Å². The second-order valence-electron chi connectivity index (χ2n) is 4.49. The third-order valence-corrected chi connectivity index (χ3v) is 3.08. The van der Waals surface area contributed by atoms with E-state index >= 15 is 0 Å². The number of anilines is 2. The van der Waals surface area contributed by atoms with Gasteiger partial charge in [-0.2, -0.15) is 0 Å². The van der Waals surface area contributed by atoms with Gasteiger partial charge in [-0.25, -0.2) is 4.98 Å². The third kappa shape index (κ3) is 1.96. The van der Waals surface area contributed by atoms with Gasteiger partial charge in [-0.3, -0.25) is 19.7 Å². The van der Waals surface area contributed by atoms with Crippen LogP contribution in [0.5, 0.6) is 0 Å². The van der Waals surface area contributed by atoms with Gasteiger partial charge in [-0.15, -0.1) is 0 Å². The summed E-state index contributed by atoms with van der Waals surface area (Å²) in [5.41, 5.74) is 6.91. The van der Waals surface area contributed by atoms with E-state index in [0.29, 0.717) is 22.3 Å². The van der Waals surface area contributed by atoms with Gasteiger partial charge in [-0.05, 0) is 12.1 Å². The van der Waals surface area contributed by atoms with Crippen molar-refractivity contribution in [3.8, 4) is 0 Å². The number of nitrogens with one attached hydrogen (secondary N) is 2. The number of imide groups is 1. The second kappa shape index (κ2) is 4.34. The highest BCUT2D eigenvalue weighted by atomic mass is 16.2. The zero-order valence-electron chi connectivity index (χ0n) is 10.3. The monoisotopic (exact) mass is 273 g/mol. The number of aromatic amines is 1. The number of aromatic nitrogens is 2. The van der Waals surface area contributed by atoms with Gasteiger partial charge in [0.15, 0.2) is 0 Å². The van der Waals surface area contributed by atoms with E-state index in [1.165, 1.54) is 12.4 Å². The lowest BCUT2D eigenvalue weighted by Gasteiger charge is -2.28. The molecule has 0 atom stereocenters. The van der Waals surface area contributed by atoms with Crippen LogP contribution in [0.25, 0.3) is 10.9 Å². The number of hydrogen-bond acceptors (Lipinski definition) is 6. The molecule has 8 nitrogen and oxygen atoms in total. The molecule has 20 heavy (non-hydrogen) atoms. The van der Waals surface area contributed by atoms with E-state index in [0.717, 1.165) is 0 Å². The van der Waals surface area contributed by atoms with Crippen LogP contribution in [0.3, 0.4) is 0 Å². The molecule has 1 fully saturated rings. The van der Waals surface area contributed by atoms with Crippen LogP contribution in [-0.2, 0) is 9.59 Å². The number of piperazine rings is 1. The highest BCUT2D eigenvalue weighted by Crippen LogP contribution is 2.27. The minimum atomic E-state index is -0.389. The van der Waals surface area contributed by atoms with E-state index in [2.05, 4.69) is 15.3 Å². The van der Waals surface area contributed by atoms with Crippen molar-refractivity contribution in [2.75, 3.05) is 23.7 Å². The first-order chi connectivity index (χ1) is 9.54. The topological polar surface area (TPSA) is 121 Å². The number of nitrogens with two attached hydrogens (primary N) is 1. The van der Waals surface area contributed by atoms with Gasteiger partial charge >= 0.3 is 0 Å². The van der Waals surface area contributed by atoms with Crippen LogP contribution in [0.2, 0.25) is 0 Å². The van der Waals surface area contributed by atoms with Crippen LogP contribution < -0.4 is 21.5 Å². The molecule has 1 saturated heterocycles. The minimum absolute atomic E-state index is 0.0324. The molecule has 8 heteroatoms. The molecule has 0 bridgehead atoms. The van der Waals surface area contributed by atoms with Crippen molar-refractivity contribution < 1.29 is 9.59 Å². The average molecular weight is 273 g/mol. The molecule has 1 aromatic heterocycles. The summed E-state index contributed by atoms with van der Waals surface area (Å²) in [4.78, 5) is 42.5. The van der Waals surface area contributed by atoms with Crippen molar-refractivity contribution >= 4 is 34.1 Å². The molecule has 1 aliphatic rings. The SMILES string of the molecule is Nc1cc2c(=O)[nH]cnc2cc1N1CC(=O)NC(=O)C1. The van der Waals surface area contributed by atoms with E-state index in [1.54, 1.807) is 11.0 Å². The highest BCUT2D eigenvalue weighted by Gasteiger charge is 2.24. The third-order valence-electron chi connectivity index (χ3n) is 3.08. The van der Waals surface area contributed by atoms with E-state index in [1.807, 2.05) is 0 Å². The van der Waals surface area contributed by atoms with Gasteiger partial charge in [0, 0.05) is 0 Å². The fourth-order valence-corrected chi connectivity index (χ4v) is 2.20. The Hall–Kier alpha value is -2.90. The number of carbonyl (C=O) groups is 2. The molecular weight excluding hydrogens is 262 g/mol. The molecule has 0 radical (unpaired) electrons. The lowest BCUT2D eigenvalue weighted by molar-refractivity contribution is -0.130. The van der Waals surface area contributed by atoms with Crippen molar-refractivity contribution in [1.29, 1.82) is 0 Å². The summed E-state index contributed by atoms with van der Waals surface area (Å²) >= 11 is 0. The first-order valence-electron chi connectivity index (χ1n) is 5.89. The summed E-state index contributed by atoms with van der Waals surface area (Å²) in [7, 11) is 0. The molecule has 2 heterocycles. The van der Waals surface area contributed by atoms with Crippen LogP contribution in [0, 0.1) is 0 Å². The van der Waals surface area contributed by atoms with Crippen molar-refractivity contribution in [2.45, 2.75) is 0 Å². The Bertz CT molecular complexity index is 766. The number of hydrogen-bond donors (Lipinski definition) is 3. The van der Waals surface area contributed by atoms with E-state index in [4.69, 9.17) is 5.73 Å². The molecule has 0 aliphatic carbocycles. The predicted octanol–water partition coefficient (Wildman–Crippen LogP) is -1.03. The Morgan fingerprint density at radius 1 is 1.15 bits per heavy atom. The maximum Gasteiger partial charge on any atom is 0.258 e. The molecule has 0 saturated carbocycles. The van der Waals surface area contributed by atoms with Crippen LogP contribution in [0.1, 0.15) is 0 Å². The first kappa shape index (κ1) is 12.2. The number of rotatable bonds is 1. The normalized spacial score (nSPS) is 15.5. The number of H-pyrrole nitrogens is 1. The van der Waals surface area contributed by atoms with Gasteiger partial charge in [0.2, 0.25) is 11.8 Å². The lowest BCUT2D eigenvalue weighted by Crippen LogP contribution is -2.51. The standard InChI is InChI=1S/C12H11N5O3/c13-7-1-6-8(14-5-15-12(6)20)2-9(7)17-3-10(18)16-11(19)4-17/h1-2,5H,3-4,13H2,(H,14,15,20)(H,16,18,19). The summed E-state index contributed by atoms with van der Waals surface area (Å²) in [5.74, 6) is -0.778. The second-order valence-corrected chi connectivity index (χ2v) is 4.49. The Kier molecular flexibility index (Phi) is 2.63. The highest BCUT2D eigenvalue weighted by molar-refractivity contribution is 6.04. The molecule has 1 aromatic carbocycles. The zero-order chi connectivity index (χ0) is 14.3. The number of fused-ring (bicyclic) bond motifs is 1. The number of nitrogen functional groups attached to an aromatic ring is 1. The molecule has 1 aliphatic heterocycles. The van der Waals surface area contributed by atoms with Crippen LogP contribution in [-0.4, -0.2) is 34.9 Å². The molecular formula is C12H11N5O3. The van der Waals surface area contributed by atoms with Crippen molar-refractivity contribution in [2.24, 2.45) is 0 Å². The van der Waals surface area contributed by atoms with E-state index in [-0.39, 0.29) is 30.5 Å². The van der Waals surface area contributed by atoms with E-state index < -0.39 is 0 Å². The van der Waals surface area contributed by atoms with Crippen LogP contribution in [0.4, 0.5) is 11.4 Å². The van der Waals surface area contributed by atoms with Crippen LogP contribution >= 0.6 is 0 Å². The van der Waals surface area contributed by atoms with E-state index in [9.17, 15) is 14.4 Å². The lowest BCUT2D eigenvalue weighted by atomic mass is 10.1. The van der Waals surface area contributed by atoms with Gasteiger partial charge in [0.1, 0.15) is 0 Å². The summed E-state index contributed by atoms with van der Waals surface area (Å²) in [6, 6.07) is 3.10. The number of carbonyl (C=O) groups excluding carboxylic acids is 2. The smallest absolute Gasteiger partial charge is 0.258 e. The zero-order valence-corrected chi connectivity index (χ0v) is 10.3. The Labute approximate surface area is 112 Å². The molecule has 2 amide bonds. The fourth-order valence-electron chi connectivity index (χ4n) is 2.20. The van der Waals surface area contributed by atoms with Crippen LogP contribution in [0.15, 0.2) is 23.3 Å². The van der Waals surface area contributed by atoms with Crippen molar-refractivity contribution in [1.82, 2.24) is 15.3 Å². The van der Waals surface area contributed by atoms with Crippen molar-refractivity contribution in [3.63, 3.8) is 0 Å². The predicted molar refractivity (Wildman–Crippen MR) is 72.1 cm³/mol. The Balaban J connectivity index is 2.12. The maximum atomic E-state index is 11.6. The molecule has 0 spiro atoms. The number of benzene rings is 1. The summed E-state index contributed by atoms with van der Waals surface area (Å²) < 4.78 is 0. The molecule has 102 valence electrons. The summed E-state index contributed by atoms with van der Waals surface area (Å²) in [6.07, 6.45) is 1.29. The quantitative estimate of drug-likeness (QED) is 0.451. The molecule has 0 unspecified atom stereocenters. The maximum absolute atomic E-state index is 11.6. The Morgan fingerprint density at radius 2 is 1.85 bits per heavy atom. The number of nitrogens with zero attached hydrogens (tertiary/aromatic N) is 2. The summed E-state index contributed by atoms with van der Waals surface area (Å²) in [5, 5.41) is 2.58. The van der Waals surface area contributed by atoms with Gasteiger partial charge in [-0.1, -0.05) is 0 Å². The first-order valence-corrected chi connectivity index (χ1v) is 5.89.